The maximum absolute atomic E-state index is 5.31. The van der Waals surface area contributed by atoms with E-state index < -0.39 is 0 Å². The van der Waals surface area contributed by atoms with Gasteiger partial charge in [-0.25, -0.2) is 0 Å². The van der Waals surface area contributed by atoms with E-state index in [1.165, 1.54) is 18.5 Å². The summed E-state index contributed by atoms with van der Waals surface area (Å²) in [6, 6.07) is 0.613. The summed E-state index contributed by atoms with van der Waals surface area (Å²) < 4.78 is 3.13. The summed E-state index contributed by atoms with van der Waals surface area (Å²) in [6.45, 7) is 6.75. The zero-order valence-corrected chi connectivity index (χ0v) is 9.90. The lowest BCUT2D eigenvalue weighted by molar-refractivity contribution is 0.350. The van der Waals surface area contributed by atoms with Gasteiger partial charge in [-0.2, -0.15) is 0 Å². The number of hydrogen-bond donors (Lipinski definition) is 1. The Balaban J connectivity index is 2.32. The first-order chi connectivity index (χ1) is 6.59. The molecule has 1 saturated carbocycles. The molecule has 1 aromatic heterocycles. The maximum Gasteiger partial charge on any atom is 0.177 e. The van der Waals surface area contributed by atoms with Crippen molar-refractivity contribution in [3.8, 4) is 0 Å². The molecule has 0 aromatic carbocycles. The second-order valence-corrected chi connectivity index (χ2v) is 5.02. The molecule has 14 heavy (non-hydrogen) atoms. The van der Waals surface area contributed by atoms with Gasteiger partial charge in [0.05, 0.1) is 0 Å². The summed E-state index contributed by atoms with van der Waals surface area (Å²) in [7, 11) is 0. The molecular weight excluding hydrogens is 192 g/mol. The van der Waals surface area contributed by atoms with Crippen molar-refractivity contribution in [3.05, 3.63) is 16.7 Å². The first-order valence-electron chi connectivity index (χ1n) is 5.37. The number of imidazole rings is 1. The van der Waals surface area contributed by atoms with E-state index in [9.17, 15) is 0 Å². The Morgan fingerprint density at radius 2 is 2.14 bits per heavy atom. The minimum Gasteiger partial charge on any atom is -0.335 e. The third-order valence-corrected chi connectivity index (χ3v) is 3.96. The van der Waals surface area contributed by atoms with Gasteiger partial charge in [-0.3, -0.25) is 0 Å². The average Bonchev–Trinajstić information content (AvgIpc) is 2.59. The van der Waals surface area contributed by atoms with Crippen molar-refractivity contribution in [2.24, 2.45) is 11.8 Å². The van der Waals surface area contributed by atoms with Crippen LogP contribution in [-0.4, -0.2) is 9.55 Å². The third-order valence-electron chi connectivity index (χ3n) is 3.65. The van der Waals surface area contributed by atoms with E-state index in [-0.39, 0.29) is 0 Å². The number of rotatable bonds is 1. The van der Waals surface area contributed by atoms with Crippen LogP contribution in [0.3, 0.4) is 0 Å². The lowest BCUT2D eigenvalue weighted by Gasteiger charge is -2.19. The molecule has 1 aliphatic carbocycles. The Hall–Kier alpha value is -0.570. The molecule has 0 spiro atoms. The average molecular weight is 210 g/mol. The van der Waals surface area contributed by atoms with Crippen LogP contribution in [0, 0.1) is 23.5 Å². The van der Waals surface area contributed by atoms with Crippen molar-refractivity contribution < 1.29 is 0 Å². The predicted molar refractivity (Wildman–Crippen MR) is 61.0 cm³/mol. The van der Waals surface area contributed by atoms with Gasteiger partial charge in [-0.1, -0.05) is 13.8 Å². The number of aromatic nitrogens is 2. The molecule has 0 aliphatic heterocycles. The summed E-state index contributed by atoms with van der Waals surface area (Å²) in [6.07, 6.45) is 4.76. The fourth-order valence-electron chi connectivity index (χ4n) is 2.51. The first-order valence-corrected chi connectivity index (χ1v) is 5.78. The topological polar surface area (TPSA) is 20.7 Å². The fraction of sp³-hybridized carbons (Fsp3) is 0.727. The second kappa shape index (κ2) is 3.54. The van der Waals surface area contributed by atoms with Crippen molar-refractivity contribution in [2.45, 2.75) is 39.7 Å². The molecule has 1 aliphatic rings. The van der Waals surface area contributed by atoms with Crippen molar-refractivity contribution in [1.82, 2.24) is 9.55 Å². The number of H-pyrrole nitrogens is 1. The highest BCUT2D eigenvalue weighted by Gasteiger charge is 2.31. The number of aryl methyl sites for hydroxylation is 1. The molecular formula is C11H18N2S. The van der Waals surface area contributed by atoms with Crippen molar-refractivity contribution >= 4 is 12.2 Å². The van der Waals surface area contributed by atoms with Crippen LogP contribution in [0.15, 0.2) is 6.20 Å². The van der Waals surface area contributed by atoms with Crippen LogP contribution in [0.1, 0.15) is 38.4 Å². The fourth-order valence-corrected chi connectivity index (χ4v) is 2.86. The van der Waals surface area contributed by atoms with E-state index in [0.29, 0.717) is 6.04 Å². The second-order valence-electron chi connectivity index (χ2n) is 4.63. The van der Waals surface area contributed by atoms with Crippen LogP contribution in [0.5, 0.6) is 0 Å². The van der Waals surface area contributed by atoms with E-state index in [0.717, 1.165) is 16.6 Å². The van der Waals surface area contributed by atoms with Crippen LogP contribution in [-0.2, 0) is 0 Å². The molecule has 0 saturated heterocycles. The van der Waals surface area contributed by atoms with Crippen LogP contribution >= 0.6 is 12.2 Å². The SMILES string of the molecule is Cc1cn(C2CCC(C)C2C)c(=S)[nH]1. The lowest BCUT2D eigenvalue weighted by Crippen LogP contribution is -2.13. The first kappa shape index (κ1) is 9.97. The molecule has 1 heterocycles. The summed E-state index contributed by atoms with van der Waals surface area (Å²) in [5, 5.41) is 0. The van der Waals surface area contributed by atoms with Gasteiger partial charge in [-0.15, -0.1) is 0 Å². The summed E-state index contributed by atoms with van der Waals surface area (Å²) in [5.41, 5.74) is 1.17. The van der Waals surface area contributed by atoms with E-state index in [2.05, 4.69) is 36.5 Å². The number of aromatic amines is 1. The molecule has 2 nitrogen and oxygen atoms in total. The van der Waals surface area contributed by atoms with E-state index in [1.807, 2.05) is 0 Å². The summed E-state index contributed by atoms with van der Waals surface area (Å²) in [4.78, 5) is 3.20. The molecule has 0 bridgehead atoms. The third kappa shape index (κ3) is 1.54. The van der Waals surface area contributed by atoms with Crippen LogP contribution < -0.4 is 0 Å². The highest BCUT2D eigenvalue weighted by molar-refractivity contribution is 7.71. The van der Waals surface area contributed by atoms with Gasteiger partial charge < -0.3 is 9.55 Å². The largest absolute Gasteiger partial charge is 0.335 e. The smallest absolute Gasteiger partial charge is 0.177 e. The summed E-state index contributed by atoms with van der Waals surface area (Å²) in [5.74, 6) is 1.58. The van der Waals surface area contributed by atoms with Gasteiger partial charge in [0.2, 0.25) is 0 Å². The molecule has 1 fully saturated rings. The number of nitrogens with one attached hydrogen (secondary N) is 1. The quantitative estimate of drug-likeness (QED) is 0.704. The standard InChI is InChI=1S/C11H18N2S/c1-7-4-5-10(9(7)3)13-6-8(2)12-11(13)14/h6-7,9-10H,4-5H2,1-3H3,(H,12,14). The number of nitrogens with zero attached hydrogens (tertiary/aromatic N) is 1. The molecule has 1 aromatic rings. The maximum atomic E-state index is 5.31. The molecule has 78 valence electrons. The minimum absolute atomic E-state index is 0.613. The van der Waals surface area contributed by atoms with Crippen LogP contribution in [0.25, 0.3) is 0 Å². The van der Waals surface area contributed by atoms with E-state index in [1.54, 1.807) is 0 Å². The molecule has 3 atom stereocenters. The summed E-state index contributed by atoms with van der Waals surface area (Å²) >= 11 is 5.31. The molecule has 3 unspecified atom stereocenters. The Bertz CT molecular complexity index is 377. The monoisotopic (exact) mass is 210 g/mol. The van der Waals surface area contributed by atoms with Crippen molar-refractivity contribution in [3.63, 3.8) is 0 Å². The zero-order valence-electron chi connectivity index (χ0n) is 9.08. The highest BCUT2D eigenvalue weighted by Crippen LogP contribution is 2.39. The Morgan fingerprint density at radius 1 is 1.43 bits per heavy atom. The van der Waals surface area contributed by atoms with Gasteiger partial charge in [0, 0.05) is 17.9 Å². The van der Waals surface area contributed by atoms with Gasteiger partial charge in [0.15, 0.2) is 4.77 Å². The van der Waals surface area contributed by atoms with Crippen LogP contribution in [0.4, 0.5) is 0 Å². The molecule has 2 rings (SSSR count). The molecule has 0 radical (unpaired) electrons. The minimum atomic E-state index is 0.613. The molecule has 1 N–H and O–H groups in total. The zero-order chi connectivity index (χ0) is 10.3. The normalized spacial score (nSPS) is 32.4. The van der Waals surface area contributed by atoms with E-state index in [4.69, 9.17) is 12.2 Å². The molecule has 0 amide bonds. The van der Waals surface area contributed by atoms with Crippen molar-refractivity contribution in [2.75, 3.05) is 0 Å². The highest BCUT2D eigenvalue weighted by atomic mass is 32.1. The number of hydrogen-bond acceptors (Lipinski definition) is 1. The lowest BCUT2D eigenvalue weighted by atomic mass is 9.98. The Morgan fingerprint density at radius 3 is 2.57 bits per heavy atom. The van der Waals surface area contributed by atoms with Crippen molar-refractivity contribution in [1.29, 1.82) is 0 Å². The Labute approximate surface area is 90.3 Å². The van der Waals surface area contributed by atoms with Crippen LogP contribution in [0.2, 0.25) is 0 Å². The van der Waals surface area contributed by atoms with Gasteiger partial charge in [0.25, 0.3) is 0 Å². The Kier molecular flexibility index (Phi) is 2.52. The van der Waals surface area contributed by atoms with E-state index >= 15 is 0 Å². The van der Waals surface area contributed by atoms with Gasteiger partial charge >= 0.3 is 0 Å². The van der Waals surface area contributed by atoms with Gasteiger partial charge in [0.1, 0.15) is 0 Å². The molecule has 3 heteroatoms. The predicted octanol–water partition coefficient (Wildman–Crippen LogP) is 3.46. The van der Waals surface area contributed by atoms with Gasteiger partial charge in [-0.05, 0) is 43.8 Å².